The largest absolute Gasteiger partial charge is 0.352 e. The molecule has 1 amide bonds. The van der Waals surface area contributed by atoms with E-state index in [1.54, 1.807) is 23.7 Å². The Balaban J connectivity index is 1.58. The molecule has 6 heteroatoms. The summed E-state index contributed by atoms with van der Waals surface area (Å²) in [6, 6.07) is 3.78. The summed E-state index contributed by atoms with van der Waals surface area (Å²) >= 11 is 1.56. The van der Waals surface area contributed by atoms with Gasteiger partial charge < -0.3 is 5.32 Å². The van der Waals surface area contributed by atoms with Crippen molar-refractivity contribution >= 4 is 22.2 Å². The van der Waals surface area contributed by atoms with Gasteiger partial charge in [0.2, 0.25) is 5.91 Å². The summed E-state index contributed by atoms with van der Waals surface area (Å²) in [5.74, 6) is -0.0328. The number of thiazole rings is 1. The Morgan fingerprint density at radius 2 is 2.42 bits per heavy atom. The van der Waals surface area contributed by atoms with Gasteiger partial charge in [0.25, 0.3) is 0 Å². The number of aromatic nitrogens is 3. The van der Waals surface area contributed by atoms with Crippen molar-refractivity contribution < 1.29 is 4.79 Å². The lowest BCUT2D eigenvalue weighted by Crippen LogP contribution is -2.24. The van der Waals surface area contributed by atoms with E-state index in [4.69, 9.17) is 0 Å². The minimum Gasteiger partial charge on any atom is -0.352 e. The lowest BCUT2D eigenvalue weighted by molar-refractivity contribution is -0.120. The first-order valence-electron chi connectivity index (χ1n) is 5.88. The first kappa shape index (κ1) is 11.9. The van der Waals surface area contributed by atoms with Crippen molar-refractivity contribution in [3.8, 4) is 0 Å². The SMILES string of the molecule is O=C(Cc1cn2ccsc2n1)NCc1cccnc1. The van der Waals surface area contributed by atoms with Crippen LogP contribution in [0.1, 0.15) is 11.3 Å². The number of rotatable bonds is 4. The van der Waals surface area contributed by atoms with Crippen LogP contribution in [0.5, 0.6) is 0 Å². The van der Waals surface area contributed by atoms with Crippen LogP contribution >= 0.6 is 11.3 Å². The maximum atomic E-state index is 11.8. The molecular formula is C13H12N4OS. The quantitative estimate of drug-likeness (QED) is 0.785. The zero-order valence-electron chi connectivity index (χ0n) is 10.1. The van der Waals surface area contributed by atoms with Crippen LogP contribution < -0.4 is 5.32 Å². The van der Waals surface area contributed by atoms with Gasteiger partial charge in [0, 0.05) is 36.7 Å². The maximum absolute atomic E-state index is 11.8. The molecule has 96 valence electrons. The minimum absolute atomic E-state index is 0.0328. The van der Waals surface area contributed by atoms with Crippen molar-refractivity contribution in [3.05, 3.63) is 53.6 Å². The molecule has 0 atom stereocenters. The maximum Gasteiger partial charge on any atom is 0.226 e. The van der Waals surface area contributed by atoms with Crippen LogP contribution in [0.25, 0.3) is 4.96 Å². The predicted molar refractivity (Wildman–Crippen MR) is 72.9 cm³/mol. The summed E-state index contributed by atoms with van der Waals surface area (Å²) in [7, 11) is 0. The highest BCUT2D eigenvalue weighted by Crippen LogP contribution is 2.11. The van der Waals surface area contributed by atoms with E-state index in [1.807, 2.05) is 34.3 Å². The number of nitrogens with one attached hydrogen (secondary N) is 1. The lowest BCUT2D eigenvalue weighted by atomic mass is 10.2. The van der Waals surface area contributed by atoms with Gasteiger partial charge in [0.1, 0.15) is 0 Å². The number of hydrogen-bond acceptors (Lipinski definition) is 4. The van der Waals surface area contributed by atoms with Crippen molar-refractivity contribution in [2.45, 2.75) is 13.0 Å². The van der Waals surface area contributed by atoms with E-state index in [0.717, 1.165) is 16.2 Å². The van der Waals surface area contributed by atoms with E-state index in [1.165, 1.54) is 0 Å². The lowest BCUT2D eigenvalue weighted by Gasteiger charge is -2.03. The van der Waals surface area contributed by atoms with E-state index in [0.29, 0.717) is 13.0 Å². The highest BCUT2D eigenvalue weighted by atomic mass is 32.1. The molecule has 0 spiro atoms. The highest BCUT2D eigenvalue weighted by molar-refractivity contribution is 7.15. The van der Waals surface area contributed by atoms with E-state index >= 15 is 0 Å². The van der Waals surface area contributed by atoms with Crippen LogP contribution in [0.15, 0.2) is 42.3 Å². The van der Waals surface area contributed by atoms with E-state index < -0.39 is 0 Å². The third kappa shape index (κ3) is 2.79. The molecule has 0 aromatic carbocycles. The molecule has 0 radical (unpaired) electrons. The number of pyridine rings is 1. The van der Waals surface area contributed by atoms with Gasteiger partial charge >= 0.3 is 0 Å². The number of carbonyl (C=O) groups excluding carboxylic acids is 1. The molecule has 5 nitrogen and oxygen atoms in total. The second-order valence-electron chi connectivity index (χ2n) is 4.14. The fraction of sp³-hybridized carbons (Fsp3) is 0.154. The third-order valence-electron chi connectivity index (χ3n) is 2.70. The van der Waals surface area contributed by atoms with Gasteiger partial charge in [-0.3, -0.25) is 14.2 Å². The monoisotopic (exact) mass is 272 g/mol. The van der Waals surface area contributed by atoms with E-state index in [2.05, 4.69) is 15.3 Å². The Labute approximate surface area is 113 Å². The normalized spacial score (nSPS) is 10.7. The Hall–Kier alpha value is -2.21. The van der Waals surface area contributed by atoms with Crippen LogP contribution in [0.3, 0.4) is 0 Å². The predicted octanol–water partition coefficient (Wildman–Crippen LogP) is 1.65. The topological polar surface area (TPSA) is 59.3 Å². The van der Waals surface area contributed by atoms with Gasteiger partial charge in [0.05, 0.1) is 12.1 Å². The van der Waals surface area contributed by atoms with Crippen LogP contribution in [0.2, 0.25) is 0 Å². The molecule has 0 unspecified atom stereocenters. The number of carbonyl (C=O) groups is 1. The first-order chi connectivity index (χ1) is 9.31. The summed E-state index contributed by atoms with van der Waals surface area (Å²) in [6.45, 7) is 0.495. The third-order valence-corrected chi connectivity index (χ3v) is 3.47. The molecule has 0 saturated carbocycles. The van der Waals surface area contributed by atoms with Crippen LogP contribution in [0.4, 0.5) is 0 Å². The smallest absolute Gasteiger partial charge is 0.226 e. The summed E-state index contributed by atoms with van der Waals surface area (Å²) < 4.78 is 1.92. The average Bonchev–Trinajstić information content (AvgIpc) is 2.98. The molecule has 0 aliphatic heterocycles. The van der Waals surface area contributed by atoms with Crippen molar-refractivity contribution in [3.63, 3.8) is 0 Å². The summed E-state index contributed by atoms with van der Waals surface area (Å²) in [4.78, 5) is 21.1. The molecule has 0 fully saturated rings. The van der Waals surface area contributed by atoms with Gasteiger partial charge in [-0.1, -0.05) is 6.07 Å². The number of amides is 1. The zero-order chi connectivity index (χ0) is 13.1. The van der Waals surface area contributed by atoms with Crippen molar-refractivity contribution in [2.75, 3.05) is 0 Å². The summed E-state index contributed by atoms with van der Waals surface area (Å²) in [5.41, 5.74) is 1.78. The minimum atomic E-state index is -0.0328. The summed E-state index contributed by atoms with van der Waals surface area (Å²) in [6.07, 6.45) is 7.57. The van der Waals surface area contributed by atoms with Gasteiger partial charge in [-0.05, 0) is 11.6 Å². The Morgan fingerprint density at radius 3 is 3.21 bits per heavy atom. The molecule has 0 aliphatic rings. The molecular weight excluding hydrogens is 260 g/mol. The average molecular weight is 272 g/mol. The standard InChI is InChI=1S/C13H12N4OS/c18-12(15-8-10-2-1-3-14-7-10)6-11-9-17-4-5-19-13(17)16-11/h1-5,7,9H,6,8H2,(H,15,18). The highest BCUT2D eigenvalue weighted by Gasteiger charge is 2.08. The van der Waals surface area contributed by atoms with Gasteiger partial charge in [-0.2, -0.15) is 0 Å². The van der Waals surface area contributed by atoms with Gasteiger partial charge in [-0.15, -0.1) is 11.3 Å². The zero-order valence-corrected chi connectivity index (χ0v) is 10.9. The molecule has 3 aromatic heterocycles. The van der Waals surface area contributed by atoms with E-state index in [-0.39, 0.29) is 5.91 Å². The summed E-state index contributed by atoms with van der Waals surface area (Å²) in [5, 5.41) is 4.83. The fourth-order valence-electron chi connectivity index (χ4n) is 1.79. The molecule has 3 rings (SSSR count). The fourth-order valence-corrected chi connectivity index (χ4v) is 2.51. The van der Waals surface area contributed by atoms with Crippen molar-refractivity contribution in [2.24, 2.45) is 0 Å². The van der Waals surface area contributed by atoms with E-state index in [9.17, 15) is 4.79 Å². The molecule has 3 heterocycles. The second kappa shape index (κ2) is 5.19. The van der Waals surface area contributed by atoms with Crippen LogP contribution in [0, 0.1) is 0 Å². The number of imidazole rings is 1. The molecule has 3 aromatic rings. The Bertz CT molecular complexity index is 660. The molecule has 0 bridgehead atoms. The second-order valence-corrected chi connectivity index (χ2v) is 5.01. The molecule has 0 saturated heterocycles. The first-order valence-corrected chi connectivity index (χ1v) is 6.76. The Kier molecular flexibility index (Phi) is 3.24. The van der Waals surface area contributed by atoms with Crippen molar-refractivity contribution in [1.82, 2.24) is 19.7 Å². The molecule has 0 aliphatic carbocycles. The van der Waals surface area contributed by atoms with Crippen LogP contribution in [-0.4, -0.2) is 20.3 Å². The Morgan fingerprint density at radius 1 is 1.47 bits per heavy atom. The van der Waals surface area contributed by atoms with Gasteiger partial charge in [0.15, 0.2) is 4.96 Å². The molecule has 1 N–H and O–H groups in total. The number of hydrogen-bond donors (Lipinski definition) is 1. The van der Waals surface area contributed by atoms with Crippen molar-refractivity contribution in [1.29, 1.82) is 0 Å². The number of nitrogens with zero attached hydrogens (tertiary/aromatic N) is 3. The van der Waals surface area contributed by atoms with Gasteiger partial charge in [-0.25, -0.2) is 4.98 Å². The van der Waals surface area contributed by atoms with Crippen LogP contribution in [-0.2, 0) is 17.8 Å². The molecule has 19 heavy (non-hydrogen) atoms. The number of fused-ring (bicyclic) bond motifs is 1.